The molecular formula is C31H34N4O5S. The number of rotatable bonds is 6. The van der Waals surface area contributed by atoms with Gasteiger partial charge in [0, 0.05) is 30.8 Å². The number of pyridine rings is 1. The Kier molecular flexibility index (Phi) is 7.79. The van der Waals surface area contributed by atoms with Crippen LogP contribution >= 0.6 is 0 Å². The number of nitrogens with zero attached hydrogens (tertiary/aromatic N) is 3. The Balaban J connectivity index is 1.48. The van der Waals surface area contributed by atoms with Crippen molar-refractivity contribution in [2.75, 3.05) is 27.4 Å². The van der Waals surface area contributed by atoms with E-state index >= 15 is 0 Å². The van der Waals surface area contributed by atoms with E-state index in [1.807, 2.05) is 61.5 Å². The van der Waals surface area contributed by atoms with Gasteiger partial charge in [-0.3, -0.25) is 9.69 Å². The smallest absolute Gasteiger partial charge is 0.270 e. The van der Waals surface area contributed by atoms with Crippen LogP contribution in [-0.4, -0.2) is 60.7 Å². The second-order valence-corrected chi connectivity index (χ2v) is 14.1. The van der Waals surface area contributed by atoms with E-state index in [-0.39, 0.29) is 38.0 Å². The highest BCUT2D eigenvalue weighted by Gasteiger charge is 2.39. The number of carbonyl (C=O) groups is 1. The van der Waals surface area contributed by atoms with E-state index in [1.54, 1.807) is 26.8 Å². The molecule has 0 atom stereocenters. The number of amides is 1. The maximum atomic E-state index is 13.4. The van der Waals surface area contributed by atoms with Crippen LogP contribution in [-0.2, 0) is 29.7 Å². The number of nitrogens with one attached hydrogen (secondary N) is 1. The van der Waals surface area contributed by atoms with Gasteiger partial charge in [0.2, 0.25) is 16.8 Å². The molecule has 3 heterocycles. The third-order valence-electron chi connectivity index (χ3n) is 6.90. The lowest BCUT2D eigenvalue weighted by Crippen LogP contribution is -2.40. The first-order valence-corrected chi connectivity index (χ1v) is 14.8. The molecule has 41 heavy (non-hydrogen) atoms. The quantitative estimate of drug-likeness (QED) is 0.448. The Hall–Kier alpha value is -3.91. The third-order valence-corrected chi connectivity index (χ3v) is 9.38. The van der Waals surface area contributed by atoms with Gasteiger partial charge in [-0.05, 0) is 81.9 Å². The van der Waals surface area contributed by atoms with Crippen LogP contribution in [0.1, 0.15) is 53.5 Å². The van der Waals surface area contributed by atoms with Gasteiger partial charge in [0.05, 0.1) is 17.0 Å². The summed E-state index contributed by atoms with van der Waals surface area (Å²) >= 11 is 0. The van der Waals surface area contributed by atoms with Crippen LogP contribution < -0.4 is 14.8 Å². The SMILES string of the molecule is CN(C)CC#Cc1cccc(-c2nc(C(=O)NCc3ccc4c(c3)OCO4)cc3c2CN(S(=O)(=O)C(C)(C)C)C3)c1. The van der Waals surface area contributed by atoms with E-state index in [4.69, 9.17) is 14.5 Å². The fourth-order valence-corrected chi connectivity index (χ4v) is 6.03. The molecule has 2 aliphatic heterocycles. The van der Waals surface area contributed by atoms with Gasteiger partial charge in [-0.2, -0.15) is 4.31 Å². The number of benzene rings is 2. The van der Waals surface area contributed by atoms with Crippen LogP contribution in [0.5, 0.6) is 11.5 Å². The van der Waals surface area contributed by atoms with Gasteiger partial charge in [0.25, 0.3) is 5.91 Å². The van der Waals surface area contributed by atoms with Crippen LogP contribution in [0.15, 0.2) is 48.5 Å². The highest BCUT2D eigenvalue weighted by atomic mass is 32.2. The molecule has 0 radical (unpaired) electrons. The van der Waals surface area contributed by atoms with Gasteiger partial charge in [-0.25, -0.2) is 13.4 Å². The fraction of sp³-hybridized carbons (Fsp3) is 0.355. The predicted octanol–water partition coefficient (Wildman–Crippen LogP) is 3.76. The van der Waals surface area contributed by atoms with Crippen molar-refractivity contribution in [2.24, 2.45) is 0 Å². The van der Waals surface area contributed by atoms with E-state index in [1.165, 1.54) is 4.31 Å². The van der Waals surface area contributed by atoms with Crippen LogP contribution in [0.3, 0.4) is 0 Å². The molecule has 9 nitrogen and oxygen atoms in total. The Morgan fingerprint density at radius 3 is 2.61 bits per heavy atom. The summed E-state index contributed by atoms with van der Waals surface area (Å²) in [4.78, 5) is 20.1. The van der Waals surface area contributed by atoms with Crippen molar-refractivity contribution in [1.82, 2.24) is 19.5 Å². The molecule has 3 aromatic rings. The monoisotopic (exact) mass is 574 g/mol. The van der Waals surface area contributed by atoms with Gasteiger partial charge >= 0.3 is 0 Å². The largest absolute Gasteiger partial charge is 0.454 e. The van der Waals surface area contributed by atoms with E-state index < -0.39 is 14.8 Å². The zero-order valence-electron chi connectivity index (χ0n) is 23.9. The average Bonchev–Trinajstić information content (AvgIpc) is 3.57. The van der Waals surface area contributed by atoms with Crippen molar-refractivity contribution in [3.63, 3.8) is 0 Å². The van der Waals surface area contributed by atoms with Gasteiger partial charge in [0.1, 0.15) is 5.69 Å². The molecule has 0 saturated carbocycles. The van der Waals surface area contributed by atoms with E-state index in [2.05, 4.69) is 17.2 Å². The molecule has 10 heteroatoms. The molecule has 0 spiro atoms. The molecular weight excluding hydrogens is 540 g/mol. The zero-order chi connectivity index (χ0) is 29.4. The molecule has 0 fully saturated rings. The van der Waals surface area contributed by atoms with Crippen LogP contribution in [0, 0.1) is 11.8 Å². The first-order chi connectivity index (χ1) is 19.4. The normalized spacial score (nSPS) is 14.5. The minimum Gasteiger partial charge on any atom is -0.454 e. The maximum absolute atomic E-state index is 13.4. The summed E-state index contributed by atoms with van der Waals surface area (Å²) in [6.45, 7) is 6.50. The maximum Gasteiger partial charge on any atom is 0.270 e. The minimum absolute atomic E-state index is 0.176. The highest BCUT2D eigenvalue weighted by Crippen LogP contribution is 2.36. The van der Waals surface area contributed by atoms with Gasteiger partial charge < -0.3 is 14.8 Å². The molecule has 214 valence electrons. The molecule has 2 aromatic carbocycles. The fourth-order valence-electron chi connectivity index (χ4n) is 4.64. The first kappa shape index (κ1) is 28.6. The van der Waals surface area contributed by atoms with Crippen molar-refractivity contribution in [3.8, 4) is 34.6 Å². The van der Waals surface area contributed by atoms with Gasteiger partial charge in [-0.15, -0.1) is 0 Å². The molecule has 0 saturated heterocycles. The van der Waals surface area contributed by atoms with Crippen LogP contribution in [0.2, 0.25) is 0 Å². The second kappa shape index (κ2) is 11.2. The molecule has 1 amide bonds. The Bertz CT molecular complexity index is 1670. The topological polar surface area (TPSA) is 101 Å². The van der Waals surface area contributed by atoms with Crippen molar-refractivity contribution >= 4 is 15.9 Å². The number of hydrogen-bond donors (Lipinski definition) is 1. The summed E-state index contributed by atoms with van der Waals surface area (Å²) in [6.07, 6.45) is 0. The zero-order valence-corrected chi connectivity index (χ0v) is 24.8. The number of carbonyl (C=O) groups excluding carboxylic acids is 1. The Morgan fingerprint density at radius 1 is 1.07 bits per heavy atom. The molecule has 5 rings (SSSR count). The number of fused-ring (bicyclic) bond motifs is 2. The summed E-state index contributed by atoms with van der Waals surface area (Å²) in [5.41, 5.74) is 4.81. The lowest BCUT2D eigenvalue weighted by atomic mass is 10.00. The summed E-state index contributed by atoms with van der Waals surface area (Å²) in [6, 6.07) is 14.9. The molecule has 1 aromatic heterocycles. The summed E-state index contributed by atoms with van der Waals surface area (Å²) in [5, 5.41) is 2.94. The standard InChI is InChI=1S/C31H34N4O5S/c1-31(2,3)41(37,38)35-18-24-16-26(30(36)32-17-22-11-12-27-28(15-22)40-20-39-27)33-29(25(24)19-35)23-10-6-8-21(14-23)9-7-13-34(4)5/h6,8,10-12,14-16H,13,17-20H2,1-5H3,(H,32,36). The van der Waals surface area contributed by atoms with Crippen molar-refractivity contribution in [3.05, 3.63) is 76.5 Å². The molecule has 0 bridgehead atoms. The lowest BCUT2D eigenvalue weighted by Gasteiger charge is -2.26. The third kappa shape index (κ3) is 6.07. The number of ether oxygens (including phenoxy) is 2. The summed E-state index contributed by atoms with van der Waals surface area (Å²) < 4.78 is 38.0. The summed E-state index contributed by atoms with van der Waals surface area (Å²) in [5.74, 6) is 7.28. The van der Waals surface area contributed by atoms with Crippen molar-refractivity contribution in [2.45, 2.75) is 45.2 Å². The van der Waals surface area contributed by atoms with Crippen molar-refractivity contribution in [1.29, 1.82) is 0 Å². The predicted molar refractivity (Wildman–Crippen MR) is 157 cm³/mol. The van der Waals surface area contributed by atoms with E-state index in [0.717, 1.165) is 27.8 Å². The molecule has 2 aliphatic rings. The average molecular weight is 575 g/mol. The first-order valence-electron chi connectivity index (χ1n) is 13.4. The Labute approximate surface area is 241 Å². The molecule has 0 aliphatic carbocycles. The van der Waals surface area contributed by atoms with Gasteiger partial charge in [-0.1, -0.05) is 30.0 Å². The second-order valence-electron chi connectivity index (χ2n) is 11.4. The minimum atomic E-state index is -3.60. The van der Waals surface area contributed by atoms with E-state index in [0.29, 0.717) is 23.7 Å². The van der Waals surface area contributed by atoms with Gasteiger partial charge in [0.15, 0.2) is 11.5 Å². The number of aromatic nitrogens is 1. The van der Waals surface area contributed by atoms with Crippen molar-refractivity contribution < 1.29 is 22.7 Å². The van der Waals surface area contributed by atoms with E-state index in [9.17, 15) is 13.2 Å². The summed E-state index contributed by atoms with van der Waals surface area (Å²) in [7, 11) is 0.315. The Morgan fingerprint density at radius 2 is 1.85 bits per heavy atom. The van der Waals surface area contributed by atoms with Crippen LogP contribution in [0.4, 0.5) is 0 Å². The molecule has 1 N–H and O–H groups in total. The lowest BCUT2D eigenvalue weighted by molar-refractivity contribution is 0.0946. The molecule has 0 unspecified atom stereocenters. The van der Waals surface area contributed by atoms with Crippen LogP contribution in [0.25, 0.3) is 11.3 Å². The number of hydrogen-bond acceptors (Lipinski definition) is 7. The number of sulfonamides is 1. The highest BCUT2D eigenvalue weighted by molar-refractivity contribution is 7.90.